The van der Waals surface area contributed by atoms with Crippen molar-refractivity contribution in [2.75, 3.05) is 5.73 Å². The van der Waals surface area contributed by atoms with E-state index >= 15 is 0 Å². The molecule has 0 atom stereocenters. The van der Waals surface area contributed by atoms with Crippen molar-refractivity contribution < 1.29 is 14.4 Å². The van der Waals surface area contributed by atoms with E-state index in [4.69, 9.17) is 15.4 Å². The van der Waals surface area contributed by atoms with Gasteiger partial charge in [0.2, 0.25) is 0 Å². The van der Waals surface area contributed by atoms with Crippen molar-refractivity contribution in [3.8, 4) is 11.5 Å². The van der Waals surface area contributed by atoms with E-state index in [9.17, 15) is 4.79 Å². The molecule has 0 aliphatic rings. The molecule has 6 nitrogen and oxygen atoms in total. The Hall–Kier alpha value is -2.37. The summed E-state index contributed by atoms with van der Waals surface area (Å²) in [4.78, 5) is 14.3. The van der Waals surface area contributed by atoms with Gasteiger partial charge in [-0.3, -0.25) is 0 Å². The van der Waals surface area contributed by atoms with Crippen LogP contribution in [0, 0.1) is 6.92 Å². The van der Waals surface area contributed by atoms with Gasteiger partial charge >= 0.3 is 5.97 Å². The van der Waals surface area contributed by atoms with Crippen LogP contribution in [0.2, 0.25) is 0 Å². The van der Waals surface area contributed by atoms with Crippen molar-refractivity contribution in [3.63, 3.8) is 0 Å². The van der Waals surface area contributed by atoms with Gasteiger partial charge in [-0.2, -0.15) is 4.98 Å². The van der Waals surface area contributed by atoms with Gasteiger partial charge in [-0.05, 0) is 29.8 Å². The molecule has 0 amide bonds. The molecule has 82 valence electrons. The number of nitrogens with zero attached hydrogens (tertiary/aromatic N) is 2. The second-order valence-electron chi connectivity index (χ2n) is 3.30. The van der Waals surface area contributed by atoms with Crippen LogP contribution in [0.1, 0.15) is 16.2 Å². The minimum atomic E-state index is -1.23. The van der Waals surface area contributed by atoms with Crippen molar-refractivity contribution in [3.05, 3.63) is 29.6 Å². The Morgan fingerprint density at radius 1 is 1.50 bits per heavy atom. The van der Waals surface area contributed by atoms with E-state index in [0.29, 0.717) is 11.3 Å². The predicted octanol–water partition coefficient (Wildman–Crippen LogP) is 1.33. The third-order valence-electron chi connectivity index (χ3n) is 2.11. The Morgan fingerprint density at radius 3 is 2.88 bits per heavy atom. The Balaban J connectivity index is 2.50. The number of nitrogens with two attached hydrogens (primary N) is 1. The summed E-state index contributed by atoms with van der Waals surface area (Å²) in [6.07, 6.45) is 0. The number of aryl methyl sites for hydroxylation is 1. The Kier molecular flexibility index (Phi) is 2.32. The number of nitrogen functional groups attached to an aromatic ring is 1. The lowest BCUT2D eigenvalue weighted by atomic mass is 10.1. The van der Waals surface area contributed by atoms with Crippen molar-refractivity contribution in [1.82, 2.24) is 10.1 Å². The molecule has 0 aliphatic carbocycles. The van der Waals surface area contributed by atoms with E-state index in [-0.39, 0.29) is 11.7 Å². The average Bonchev–Trinajstić information content (AvgIpc) is 2.70. The third kappa shape index (κ3) is 1.72. The van der Waals surface area contributed by atoms with Crippen LogP contribution in [0.3, 0.4) is 0 Å². The second-order valence-corrected chi connectivity index (χ2v) is 3.30. The van der Waals surface area contributed by atoms with E-state index in [1.807, 2.05) is 6.92 Å². The average molecular weight is 219 g/mol. The summed E-state index contributed by atoms with van der Waals surface area (Å²) in [6.45, 7) is 1.85. The van der Waals surface area contributed by atoms with Crippen LogP contribution in [0.4, 0.5) is 5.69 Å². The van der Waals surface area contributed by atoms with Gasteiger partial charge < -0.3 is 15.4 Å². The molecule has 0 spiro atoms. The van der Waals surface area contributed by atoms with Crippen LogP contribution < -0.4 is 5.73 Å². The lowest BCUT2D eigenvalue weighted by Gasteiger charge is -2.00. The first-order valence-electron chi connectivity index (χ1n) is 4.51. The molecule has 1 aromatic heterocycles. The smallest absolute Gasteiger partial charge is 0.377 e. The van der Waals surface area contributed by atoms with Gasteiger partial charge in [-0.1, -0.05) is 6.07 Å². The molecule has 2 aromatic rings. The van der Waals surface area contributed by atoms with Gasteiger partial charge in [0.15, 0.2) is 0 Å². The number of benzene rings is 1. The predicted molar refractivity (Wildman–Crippen MR) is 55.8 cm³/mol. The highest BCUT2D eigenvalue weighted by molar-refractivity contribution is 5.83. The van der Waals surface area contributed by atoms with E-state index in [1.165, 1.54) is 0 Å². The quantitative estimate of drug-likeness (QED) is 0.738. The number of carboxylic acid groups (broad SMARTS) is 1. The van der Waals surface area contributed by atoms with Crippen molar-refractivity contribution >= 4 is 11.7 Å². The third-order valence-corrected chi connectivity index (χ3v) is 2.11. The Bertz CT molecular complexity index is 548. The number of anilines is 1. The number of rotatable bonds is 2. The van der Waals surface area contributed by atoms with Gasteiger partial charge in [-0.25, -0.2) is 4.79 Å². The normalized spacial score (nSPS) is 10.3. The topological polar surface area (TPSA) is 102 Å². The summed E-state index contributed by atoms with van der Waals surface area (Å²) in [5, 5.41) is 12.0. The Labute approximate surface area is 90.7 Å². The van der Waals surface area contributed by atoms with Crippen LogP contribution >= 0.6 is 0 Å². The number of hydrogen-bond donors (Lipinski definition) is 2. The second kappa shape index (κ2) is 3.65. The van der Waals surface area contributed by atoms with Gasteiger partial charge in [0.25, 0.3) is 11.7 Å². The largest absolute Gasteiger partial charge is 0.475 e. The van der Waals surface area contributed by atoms with Crippen LogP contribution in [0.5, 0.6) is 0 Å². The van der Waals surface area contributed by atoms with E-state index in [0.717, 1.165) is 5.56 Å². The zero-order valence-corrected chi connectivity index (χ0v) is 8.47. The van der Waals surface area contributed by atoms with E-state index < -0.39 is 5.97 Å². The molecule has 0 saturated heterocycles. The molecule has 6 heteroatoms. The standard InChI is InChI=1S/C10H9N3O3/c1-5-2-3-6(11)4-7(5)9-12-8(10(14)15)13-16-9/h2-4H,11H2,1H3,(H,14,15). The number of hydrogen-bond acceptors (Lipinski definition) is 5. The lowest BCUT2D eigenvalue weighted by Crippen LogP contribution is -1.98. The molecule has 0 bridgehead atoms. The summed E-state index contributed by atoms with van der Waals surface area (Å²) in [5.41, 5.74) is 7.70. The summed E-state index contributed by atoms with van der Waals surface area (Å²) >= 11 is 0. The molecule has 0 saturated carbocycles. The number of carboxylic acids is 1. The van der Waals surface area contributed by atoms with Crippen molar-refractivity contribution in [1.29, 1.82) is 0 Å². The maximum Gasteiger partial charge on any atom is 0.377 e. The molecular weight excluding hydrogens is 210 g/mol. The highest BCUT2D eigenvalue weighted by Gasteiger charge is 2.15. The van der Waals surface area contributed by atoms with Gasteiger partial charge in [0, 0.05) is 11.3 Å². The van der Waals surface area contributed by atoms with E-state index in [1.54, 1.807) is 18.2 Å². The summed E-state index contributed by atoms with van der Waals surface area (Å²) in [7, 11) is 0. The molecule has 1 aromatic carbocycles. The van der Waals surface area contributed by atoms with Gasteiger partial charge in [0.05, 0.1) is 0 Å². The van der Waals surface area contributed by atoms with Crippen molar-refractivity contribution in [2.45, 2.75) is 6.92 Å². The highest BCUT2D eigenvalue weighted by Crippen LogP contribution is 2.23. The lowest BCUT2D eigenvalue weighted by molar-refractivity contribution is 0.0680. The van der Waals surface area contributed by atoms with Crippen molar-refractivity contribution in [2.24, 2.45) is 0 Å². The zero-order chi connectivity index (χ0) is 11.7. The summed E-state index contributed by atoms with van der Waals surface area (Å²) < 4.78 is 4.85. The van der Waals surface area contributed by atoms with Crippen LogP contribution in [-0.4, -0.2) is 21.2 Å². The molecule has 0 radical (unpaired) electrons. The molecule has 0 aliphatic heterocycles. The molecule has 0 fully saturated rings. The maximum atomic E-state index is 10.6. The molecule has 0 unspecified atom stereocenters. The number of aromatic nitrogens is 2. The van der Waals surface area contributed by atoms with E-state index in [2.05, 4.69) is 10.1 Å². The van der Waals surface area contributed by atoms with Gasteiger partial charge in [-0.15, -0.1) is 0 Å². The monoisotopic (exact) mass is 219 g/mol. The molecular formula is C10H9N3O3. The molecule has 16 heavy (non-hydrogen) atoms. The first-order chi connectivity index (χ1) is 7.58. The fraction of sp³-hybridized carbons (Fsp3) is 0.100. The number of carbonyl (C=O) groups is 1. The summed E-state index contributed by atoms with van der Waals surface area (Å²) in [6, 6.07) is 5.21. The van der Waals surface area contributed by atoms with Crippen LogP contribution in [-0.2, 0) is 0 Å². The maximum absolute atomic E-state index is 10.6. The molecule has 1 heterocycles. The minimum absolute atomic E-state index is 0.155. The first kappa shape index (κ1) is 10.2. The van der Waals surface area contributed by atoms with Crippen LogP contribution in [0.15, 0.2) is 22.7 Å². The SMILES string of the molecule is Cc1ccc(N)cc1-c1nc(C(=O)O)no1. The van der Waals surface area contributed by atoms with Crippen LogP contribution in [0.25, 0.3) is 11.5 Å². The van der Waals surface area contributed by atoms with Gasteiger partial charge in [0.1, 0.15) is 0 Å². The highest BCUT2D eigenvalue weighted by atomic mass is 16.5. The molecule has 3 N–H and O–H groups in total. The summed E-state index contributed by atoms with van der Waals surface area (Å²) in [5.74, 6) is -1.43. The minimum Gasteiger partial charge on any atom is -0.475 e. The fourth-order valence-electron chi connectivity index (χ4n) is 1.29. The fourth-order valence-corrected chi connectivity index (χ4v) is 1.29. The number of aromatic carboxylic acids is 1. The Morgan fingerprint density at radius 2 is 2.25 bits per heavy atom. The molecule has 2 rings (SSSR count). The first-order valence-corrected chi connectivity index (χ1v) is 4.51. The zero-order valence-electron chi connectivity index (χ0n) is 8.47.